The summed E-state index contributed by atoms with van der Waals surface area (Å²) in [6, 6.07) is 3.68. The molecule has 1 saturated heterocycles. The van der Waals surface area contributed by atoms with Gasteiger partial charge in [-0.3, -0.25) is 0 Å². The number of hydrogen-bond donors (Lipinski definition) is 2. The molecule has 0 aliphatic carbocycles. The van der Waals surface area contributed by atoms with Gasteiger partial charge in [-0.25, -0.2) is 13.6 Å². The Morgan fingerprint density at radius 3 is 2.63 bits per heavy atom. The van der Waals surface area contributed by atoms with Crippen molar-refractivity contribution in [1.29, 1.82) is 0 Å². The summed E-state index contributed by atoms with van der Waals surface area (Å²) >= 11 is 0. The molecule has 1 aliphatic rings. The first kappa shape index (κ1) is 13.7. The molecule has 0 unspecified atom stereocenters. The first-order chi connectivity index (χ1) is 9.06. The third-order valence-corrected chi connectivity index (χ3v) is 3.36. The Balaban J connectivity index is 1.82. The minimum absolute atomic E-state index is 0.167. The highest BCUT2D eigenvalue weighted by molar-refractivity contribution is 5.65. The molecule has 19 heavy (non-hydrogen) atoms. The number of piperidine rings is 1. The average Bonchev–Trinajstić information content (AvgIpc) is 2.38. The third-order valence-electron chi connectivity index (χ3n) is 3.36. The van der Waals surface area contributed by atoms with Crippen molar-refractivity contribution < 1.29 is 18.7 Å². The quantitative estimate of drug-likeness (QED) is 0.885. The first-order valence-electron chi connectivity index (χ1n) is 6.21. The first-order valence-corrected chi connectivity index (χ1v) is 6.21. The van der Waals surface area contributed by atoms with Gasteiger partial charge in [-0.05, 0) is 18.9 Å². The van der Waals surface area contributed by atoms with E-state index in [0.29, 0.717) is 38.0 Å². The molecule has 0 aromatic heterocycles. The van der Waals surface area contributed by atoms with E-state index >= 15 is 0 Å². The van der Waals surface area contributed by atoms with Crippen molar-refractivity contribution in [3.05, 3.63) is 35.4 Å². The normalized spacial score (nSPS) is 16.6. The maximum atomic E-state index is 13.4. The largest absolute Gasteiger partial charge is 0.465 e. The maximum Gasteiger partial charge on any atom is 0.407 e. The van der Waals surface area contributed by atoms with Crippen molar-refractivity contribution in [2.75, 3.05) is 13.1 Å². The Kier molecular flexibility index (Phi) is 4.31. The second-order valence-corrected chi connectivity index (χ2v) is 4.66. The maximum absolute atomic E-state index is 13.4. The van der Waals surface area contributed by atoms with Gasteiger partial charge in [0.25, 0.3) is 0 Å². The number of nitrogens with zero attached hydrogens (tertiary/aromatic N) is 1. The highest BCUT2D eigenvalue weighted by Gasteiger charge is 2.21. The van der Waals surface area contributed by atoms with Crippen LogP contribution in [-0.4, -0.2) is 35.2 Å². The van der Waals surface area contributed by atoms with Gasteiger partial charge in [0, 0.05) is 37.3 Å². The zero-order valence-corrected chi connectivity index (χ0v) is 10.4. The monoisotopic (exact) mass is 270 g/mol. The van der Waals surface area contributed by atoms with Crippen LogP contribution in [0, 0.1) is 11.6 Å². The number of nitrogens with one attached hydrogen (secondary N) is 1. The Labute approximate surface area is 110 Å². The van der Waals surface area contributed by atoms with E-state index in [9.17, 15) is 13.6 Å². The van der Waals surface area contributed by atoms with Crippen molar-refractivity contribution in [1.82, 2.24) is 10.2 Å². The van der Waals surface area contributed by atoms with Crippen molar-refractivity contribution in [2.45, 2.75) is 25.4 Å². The van der Waals surface area contributed by atoms with Crippen molar-refractivity contribution in [3.63, 3.8) is 0 Å². The molecule has 0 bridgehead atoms. The van der Waals surface area contributed by atoms with E-state index in [0.717, 1.165) is 6.07 Å². The fraction of sp³-hybridized carbons (Fsp3) is 0.462. The molecule has 104 valence electrons. The van der Waals surface area contributed by atoms with E-state index in [2.05, 4.69) is 5.32 Å². The summed E-state index contributed by atoms with van der Waals surface area (Å²) in [4.78, 5) is 12.1. The van der Waals surface area contributed by atoms with Crippen molar-refractivity contribution >= 4 is 6.09 Å². The van der Waals surface area contributed by atoms with Gasteiger partial charge < -0.3 is 15.3 Å². The standard InChI is InChI=1S/C13H16F2N2O2/c14-10-2-1-9(12(15)7-10)8-16-11-3-5-17(6-4-11)13(18)19/h1-2,7,11,16H,3-6,8H2,(H,18,19). The summed E-state index contributed by atoms with van der Waals surface area (Å²) in [6.45, 7) is 1.29. The molecule has 2 rings (SSSR count). The number of amides is 1. The van der Waals surface area contributed by atoms with E-state index < -0.39 is 17.7 Å². The fourth-order valence-corrected chi connectivity index (χ4v) is 2.19. The van der Waals surface area contributed by atoms with Crippen LogP contribution in [0.2, 0.25) is 0 Å². The number of hydrogen-bond acceptors (Lipinski definition) is 2. The summed E-state index contributed by atoms with van der Waals surface area (Å²) in [6.07, 6.45) is 0.507. The van der Waals surface area contributed by atoms with Crippen LogP contribution in [0.15, 0.2) is 18.2 Å². The predicted octanol–water partition coefficient (Wildman–Crippen LogP) is 2.20. The van der Waals surface area contributed by atoms with Crippen molar-refractivity contribution in [3.8, 4) is 0 Å². The topological polar surface area (TPSA) is 52.6 Å². The van der Waals surface area contributed by atoms with Gasteiger partial charge in [0.1, 0.15) is 11.6 Å². The summed E-state index contributed by atoms with van der Waals surface area (Å²) < 4.78 is 26.1. The highest BCUT2D eigenvalue weighted by Crippen LogP contribution is 2.13. The fourth-order valence-electron chi connectivity index (χ4n) is 2.19. The number of carbonyl (C=O) groups is 1. The van der Waals surface area contributed by atoms with Crippen LogP contribution in [0.25, 0.3) is 0 Å². The molecule has 1 aromatic rings. The minimum atomic E-state index is -0.900. The van der Waals surface area contributed by atoms with Crippen LogP contribution in [0.1, 0.15) is 18.4 Å². The Bertz CT molecular complexity index is 460. The minimum Gasteiger partial charge on any atom is -0.465 e. The van der Waals surface area contributed by atoms with Crippen LogP contribution in [0.4, 0.5) is 13.6 Å². The molecule has 1 aromatic carbocycles. The van der Waals surface area contributed by atoms with Gasteiger partial charge in [0.05, 0.1) is 0 Å². The number of likely N-dealkylation sites (tertiary alicyclic amines) is 1. The zero-order valence-electron chi connectivity index (χ0n) is 10.4. The van der Waals surface area contributed by atoms with Crippen LogP contribution in [-0.2, 0) is 6.54 Å². The number of rotatable bonds is 3. The van der Waals surface area contributed by atoms with Crippen LogP contribution < -0.4 is 5.32 Å². The molecular formula is C13H16F2N2O2. The van der Waals surface area contributed by atoms with E-state index in [1.807, 2.05) is 0 Å². The van der Waals surface area contributed by atoms with Crippen LogP contribution in [0.3, 0.4) is 0 Å². The van der Waals surface area contributed by atoms with Crippen molar-refractivity contribution in [2.24, 2.45) is 0 Å². The number of benzene rings is 1. The van der Waals surface area contributed by atoms with Gasteiger partial charge in [-0.15, -0.1) is 0 Å². The van der Waals surface area contributed by atoms with E-state index in [1.165, 1.54) is 17.0 Å². The molecule has 1 heterocycles. The molecule has 1 aliphatic heterocycles. The SMILES string of the molecule is O=C(O)N1CCC(NCc2ccc(F)cc2F)CC1. The number of halogens is 2. The molecular weight excluding hydrogens is 254 g/mol. The van der Waals surface area contributed by atoms with Gasteiger partial charge >= 0.3 is 6.09 Å². The summed E-state index contributed by atoms with van der Waals surface area (Å²) in [5.41, 5.74) is 0.419. The van der Waals surface area contributed by atoms with E-state index in [1.54, 1.807) is 0 Å². The Hall–Kier alpha value is -1.69. The lowest BCUT2D eigenvalue weighted by Gasteiger charge is -2.30. The van der Waals surface area contributed by atoms with E-state index in [-0.39, 0.29) is 6.04 Å². The summed E-state index contributed by atoms with van der Waals surface area (Å²) in [5, 5.41) is 12.0. The number of carboxylic acid groups (broad SMARTS) is 1. The third kappa shape index (κ3) is 3.64. The lowest BCUT2D eigenvalue weighted by Crippen LogP contribution is -2.44. The van der Waals surface area contributed by atoms with E-state index in [4.69, 9.17) is 5.11 Å². The lowest BCUT2D eigenvalue weighted by atomic mass is 10.0. The molecule has 6 heteroatoms. The van der Waals surface area contributed by atoms with Gasteiger partial charge in [-0.1, -0.05) is 6.07 Å². The molecule has 0 spiro atoms. The van der Waals surface area contributed by atoms with Gasteiger partial charge in [0.2, 0.25) is 0 Å². The second kappa shape index (κ2) is 5.97. The summed E-state index contributed by atoms with van der Waals surface area (Å²) in [5.74, 6) is -1.15. The molecule has 1 fully saturated rings. The zero-order chi connectivity index (χ0) is 13.8. The van der Waals surface area contributed by atoms with Crippen LogP contribution in [0.5, 0.6) is 0 Å². The molecule has 0 radical (unpaired) electrons. The average molecular weight is 270 g/mol. The molecule has 2 N–H and O–H groups in total. The smallest absolute Gasteiger partial charge is 0.407 e. The Morgan fingerprint density at radius 1 is 1.37 bits per heavy atom. The van der Waals surface area contributed by atoms with Gasteiger partial charge in [0.15, 0.2) is 0 Å². The molecule has 0 atom stereocenters. The second-order valence-electron chi connectivity index (χ2n) is 4.66. The molecule has 0 saturated carbocycles. The predicted molar refractivity (Wildman–Crippen MR) is 65.8 cm³/mol. The lowest BCUT2D eigenvalue weighted by molar-refractivity contribution is 0.129. The van der Waals surface area contributed by atoms with Crippen LogP contribution >= 0.6 is 0 Å². The van der Waals surface area contributed by atoms with Gasteiger partial charge in [-0.2, -0.15) is 0 Å². The highest BCUT2D eigenvalue weighted by atomic mass is 19.1. The Morgan fingerprint density at radius 2 is 2.05 bits per heavy atom. The molecule has 4 nitrogen and oxygen atoms in total. The summed E-state index contributed by atoms with van der Waals surface area (Å²) in [7, 11) is 0. The molecule has 1 amide bonds.